The summed E-state index contributed by atoms with van der Waals surface area (Å²) in [6.45, 7) is 16.0. The molecule has 0 aliphatic carbocycles. The largest absolute Gasteiger partial charge is 0.329 e. The van der Waals surface area contributed by atoms with Gasteiger partial charge in [0.05, 0.1) is 0 Å². The predicted molar refractivity (Wildman–Crippen MR) is 72.4 cm³/mol. The third-order valence-electron chi connectivity index (χ3n) is 2.55. The molecule has 0 aromatic carbocycles. The van der Waals surface area contributed by atoms with Crippen LogP contribution in [-0.2, 0) is 0 Å². The summed E-state index contributed by atoms with van der Waals surface area (Å²) in [6.07, 6.45) is 1.21. The molecule has 16 heavy (non-hydrogen) atoms. The van der Waals surface area contributed by atoms with Gasteiger partial charge in [-0.25, -0.2) is 0 Å². The molecule has 0 radical (unpaired) electrons. The predicted octanol–water partition coefficient (Wildman–Crippen LogP) is 1.67. The van der Waals surface area contributed by atoms with Gasteiger partial charge in [-0.1, -0.05) is 34.6 Å². The van der Waals surface area contributed by atoms with Crippen molar-refractivity contribution in [2.75, 3.05) is 32.7 Å². The molecule has 0 unspecified atom stereocenters. The van der Waals surface area contributed by atoms with Crippen molar-refractivity contribution in [2.45, 2.75) is 41.0 Å². The van der Waals surface area contributed by atoms with E-state index in [2.05, 4.69) is 39.5 Å². The molecule has 0 saturated heterocycles. The highest BCUT2D eigenvalue weighted by Crippen LogP contribution is 2.33. The van der Waals surface area contributed by atoms with Crippen LogP contribution < -0.4 is 11.5 Å². The number of nitrogens with two attached hydrogens (primary N) is 2. The van der Waals surface area contributed by atoms with Crippen molar-refractivity contribution in [3.8, 4) is 0 Å². The van der Waals surface area contributed by atoms with Crippen LogP contribution in [0.5, 0.6) is 0 Å². The van der Waals surface area contributed by atoms with E-state index in [1.54, 1.807) is 0 Å². The third-order valence-corrected chi connectivity index (χ3v) is 2.55. The zero-order chi connectivity index (χ0) is 12.8. The van der Waals surface area contributed by atoms with Gasteiger partial charge in [0.1, 0.15) is 0 Å². The van der Waals surface area contributed by atoms with Crippen LogP contribution in [0.2, 0.25) is 0 Å². The van der Waals surface area contributed by atoms with Crippen molar-refractivity contribution in [2.24, 2.45) is 22.3 Å². The number of hydrogen-bond donors (Lipinski definition) is 2. The topological polar surface area (TPSA) is 55.3 Å². The molecule has 0 aliphatic rings. The van der Waals surface area contributed by atoms with Crippen molar-refractivity contribution < 1.29 is 0 Å². The maximum absolute atomic E-state index is 5.62. The molecule has 0 bridgehead atoms. The molecule has 3 nitrogen and oxygen atoms in total. The summed E-state index contributed by atoms with van der Waals surface area (Å²) in [5.41, 5.74) is 11.9. The van der Waals surface area contributed by atoms with Crippen LogP contribution in [-0.4, -0.2) is 37.6 Å². The summed E-state index contributed by atoms with van der Waals surface area (Å²) in [7, 11) is 0. The molecule has 0 aliphatic heterocycles. The molecule has 0 rings (SSSR count). The van der Waals surface area contributed by atoms with E-state index in [0.717, 1.165) is 19.6 Å². The molecule has 0 heterocycles. The van der Waals surface area contributed by atoms with E-state index >= 15 is 0 Å². The van der Waals surface area contributed by atoms with Gasteiger partial charge in [0, 0.05) is 32.7 Å². The van der Waals surface area contributed by atoms with Gasteiger partial charge >= 0.3 is 0 Å². The van der Waals surface area contributed by atoms with Gasteiger partial charge in [0.25, 0.3) is 0 Å². The van der Waals surface area contributed by atoms with Crippen molar-refractivity contribution in [1.29, 1.82) is 0 Å². The number of rotatable bonds is 7. The van der Waals surface area contributed by atoms with Crippen molar-refractivity contribution >= 4 is 0 Å². The smallest absolute Gasteiger partial charge is 0.0105 e. The van der Waals surface area contributed by atoms with E-state index in [1.807, 2.05) is 0 Å². The Morgan fingerprint density at radius 1 is 0.875 bits per heavy atom. The third kappa shape index (κ3) is 8.08. The van der Waals surface area contributed by atoms with E-state index in [1.165, 1.54) is 6.42 Å². The average molecular weight is 229 g/mol. The Bertz CT molecular complexity index is 176. The van der Waals surface area contributed by atoms with Crippen LogP contribution >= 0.6 is 0 Å². The zero-order valence-electron chi connectivity index (χ0n) is 11.8. The van der Waals surface area contributed by atoms with E-state index in [0.29, 0.717) is 23.9 Å². The Labute approximate surface area is 102 Å². The van der Waals surface area contributed by atoms with Gasteiger partial charge in [-0.2, -0.15) is 0 Å². The van der Waals surface area contributed by atoms with Gasteiger partial charge in [0.2, 0.25) is 0 Å². The van der Waals surface area contributed by atoms with Crippen LogP contribution in [0.4, 0.5) is 0 Å². The maximum Gasteiger partial charge on any atom is 0.0105 e. The Balaban J connectivity index is 4.28. The molecule has 0 amide bonds. The summed E-state index contributed by atoms with van der Waals surface area (Å²) < 4.78 is 0. The minimum absolute atomic E-state index is 0.322. The SMILES string of the molecule is CC(C)(C)CC(C)(C)CN(CCN)CCN. The number of hydrogen-bond acceptors (Lipinski definition) is 3. The average Bonchev–Trinajstić information content (AvgIpc) is 1.98. The normalized spacial score (nSPS) is 13.5. The lowest BCUT2D eigenvalue weighted by atomic mass is 9.76. The first-order chi connectivity index (χ1) is 7.20. The summed E-state index contributed by atoms with van der Waals surface area (Å²) >= 11 is 0. The highest BCUT2D eigenvalue weighted by atomic mass is 15.1. The Morgan fingerprint density at radius 2 is 1.31 bits per heavy atom. The van der Waals surface area contributed by atoms with Gasteiger partial charge in [-0.15, -0.1) is 0 Å². The fraction of sp³-hybridized carbons (Fsp3) is 1.00. The lowest BCUT2D eigenvalue weighted by molar-refractivity contribution is 0.133. The van der Waals surface area contributed by atoms with Crippen LogP contribution in [0, 0.1) is 10.8 Å². The zero-order valence-corrected chi connectivity index (χ0v) is 11.8. The molecule has 98 valence electrons. The van der Waals surface area contributed by atoms with Gasteiger partial charge in [0.15, 0.2) is 0 Å². The minimum Gasteiger partial charge on any atom is -0.329 e. The fourth-order valence-corrected chi connectivity index (χ4v) is 2.73. The first-order valence-electron chi connectivity index (χ1n) is 6.33. The monoisotopic (exact) mass is 229 g/mol. The van der Waals surface area contributed by atoms with Crippen LogP contribution in [0.15, 0.2) is 0 Å². The van der Waals surface area contributed by atoms with Crippen molar-refractivity contribution in [1.82, 2.24) is 4.90 Å². The molecule has 4 N–H and O–H groups in total. The Hall–Kier alpha value is -0.120. The van der Waals surface area contributed by atoms with Crippen LogP contribution in [0.3, 0.4) is 0 Å². The second-order valence-corrected chi connectivity index (χ2v) is 6.76. The van der Waals surface area contributed by atoms with Crippen molar-refractivity contribution in [3.63, 3.8) is 0 Å². The lowest BCUT2D eigenvalue weighted by Gasteiger charge is -2.37. The highest BCUT2D eigenvalue weighted by molar-refractivity contribution is 4.80. The van der Waals surface area contributed by atoms with Gasteiger partial charge < -0.3 is 16.4 Å². The second-order valence-electron chi connectivity index (χ2n) is 6.76. The first kappa shape index (κ1) is 15.9. The number of nitrogens with zero attached hydrogens (tertiary/aromatic N) is 1. The Kier molecular flexibility index (Phi) is 6.53. The van der Waals surface area contributed by atoms with Gasteiger partial charge in [-0.05, 0) is 17.3 Å². The summed E-state index contributed by atoms with van der Waals surface area (Å²) in [4.78, 5) is 2.38. The maximum atomic E-state index is 5.62. The molecule has 0 spiro atoms. The molecule has 3 heteroatoms. The molecule has 0 atom stereocenters. The van der Waals surface area contributed by atoms with E-state index in [-0.39, 0.29) is 0 Å². The van der Waals surface area contributed by atoms with E-state index < -0.39 is 0 Å². The van der Waals surface area contributed by atoms with Crippen LogP contribution in [0.1, 0.15) is 41.0 Å². The van der Waals surface area contributed by atoms with Gasteiger partial charge in [-0.3, -0.25) is 0 Å². The second kappa shape index (κ2) is 6.58. The molecule has 0 aromatic rings. The molecule has 0 saturated carbocycles. The molecular formula is C13H31N3. The molecule has 0 fully saturated rings. The van der Waals surface area contributed by atoms with E-state index in [4.69, 9.17) is 11.5 Å². The molecule has 0 aromatic heterocycles. The summed E-state index contributed by atoms with van der Waals surface area (Å²) in [6, 6.07) is 0. The first-order valence-corrected chi connectivity index (χ1v) is 6.33. The summed E-state index contributed by atoms with van der Waals surface area (Å²) in [5, 5.41) is 0. The standard InChI is InChI=1S/C13H31N3/c1-12(2,3)10-13(4,5)11-16(8-6-14)9-7-15/h6-11,14-15H2,1-5H3. The quantitative estimate of drug-likeness (QED) is 0.698. The molecular weight excluding hydrogens is 198 g/mol. The fourth-order valence-electron chi connectivity index (χ4n) is 2.73. The highest BCUT2D eigenvalue weighted by Gasteiger charge is 2.27. The van der Waals surface area contributed by atoms with Crippen LogP contribution in [0.25, 0.3) is 0 Å². The minimum atomic E-state index is 0.322. The van der Waals surface area contributed by atoms with E-state index in [9.17, 15) is 0 Å². The van der Waals surface area contributed by atoms with Crippen molar-refractivity contribution in [3.05, 3.63) is 0 Å². The Morgan fingerprint density at radius 3 is 1.62 bits per heavy atom. The lowest BCUT2D eigenvalue weighted by Crippen LogP contribution is -2.41. The summed E-state index contributed by atoms with van der Waals surface area (Å²) in [5.74, 6) is 0.